The van der Waals surface area contributed by atoms with E-state index in [0.29, 0.717) is 19.5 Å². The number of ether oxygens (including phenoxy) is 1. The number of likely N-dealkylation sites (tertiary alicyclic amines) is 1. The molecule has 0 saturated carbocycles. The number of nitrogens with zero attached hydrogens (tertiary/aromatic N) is 1. The average molecular weight is 332 g/mol. The number of carbonyl (C=O) groups is 2. The Bertz CT molecular complexity index is 567. The third-order valence-electron chi connectivity index (χ3n) is 4.00. The van der Waals surface area contributed by atoms with E-state index in [1.807, 2.05) is 52.0 Å². The zero-order valence-corrected chi connectivity index (χ0v) is 15.1. The van der Waals surface area contributed by atoms with Crippen molar-refractivity contribution in [2.45, 2.75) is 58.6 Å². The highest BCUT2D eigenvalue weighted by atomic mass is 16.6. The number of aryl methyl sites for hydroxylation is 1. The third-order valence-corrected chi connectivity index (χ3v) is 4.00. The predicted octanol–water partition coefficient (Wildman–Crippen LogP) is 3.05. The maximum atomic E-state index is 12.2. The van der Waals surface area contributed by atoms with E-state index in [2.05, 4.69) is 5.32 Å². The Morgan fingerprint density at radius 1 is 1.17 bits per heavy atom. The minimum absolute atomic E-state index is 0.0366. The maximum absolute atomic E-state index is 12.2. The molecule has 0 aromatic heterocycles. The summed E-state index contributed by atoms with van der Waals surface area (Å²) in [5.41, 5.74) is 1.73. The molecule has 1 aromatic rings. The third kappa shape index (κ3) is 5.87. The summed E-state index contributed by atoms with van der Waals surface area (Å²) in [6, 6.07) is 8.13. The lowest BCUT2D eigenvalue weighted by Gasteiger charge is -2.33. The van der Waals surface area contributed by atoms with E-state index in [1.54, 1.807) is 4.90 Å². The van der Waals surface area contributed by atoms with Crippen LogP contribution in [0, 0.1) is 6.92 Å². The summed E-state index contributed by atoms with van der Waals surface area (Å²) in [4.78, 5) is 25.9. The van der Waals surface area contributed by atoms with Gasteiger partial charge in [0.15, 0.2) is 0 Å². The van der Waals surface area contributed by atoms with Crippen molar-refractivity contribution >= 4 is 12.0 Å². The molecule has 1 aromatic carbocycles. The Balaban J connectivity index is 1.75. The first kappa shape index (κ1) is 18.3. The molecule has 0 spiro atoms. The van der Waals surface area contributed by atoms with Gasteiger partial charge in [-0.1, -0.05) is 29.8 Å². The molecule has 1 heterocycles. The molecule has 1 N–H and O–H groups in total. The van der Waals surface area contributed by atoms with E-state index in [0.717, 1.165) is 18.4 Å². The van der Waals surface area contributed by atoms with Gasteiger partial charge in [0.25, 0.3) is 0 Å². The van der Waals surface area contributed by atoms with Crippen LogP contribution in [0.4, 0.5) is 4.79 Å². The largest absolute Gasteiger partial charge is 0.444 e. The molecule has 5 nitrogen and oxygen atoms in total. The minimum atomic E-state index is -0.476. The Labute approximate surface area is 144 Å². The van der Waals surface area contributed by atoms with Gasteiger partial charge < -0.3 is 15.0 Å². The van der Waals surface area contributed by atoms with E-state index >= 15 is 0 Å². The molecule has 0 unspecified atom stereocenters. The maximum Gasteiger partial charge on any atom is 0.410 e. The van der Waals surface area contributed by atoms with Gasteiger partial charge in [0.2, 0.25) is 5.91 Å². The lowest BCUT2D eigenvalue weighted by Crippen LogP contribution is -2.48. The van der Waals surface area contributed by atoms with Crippen molar-refractivity contribution in [1.29, 1.82) is 0 Å². The van der Waals surface area contributed by atoms with Crippen LogP contribution in [0.25, 0.3) is 0 Å². The summed E-state index contributed by atoms with van der Waals surface area (Å²) in [5, 5.41) is 3.07. The number of hydrogen-bond acceptors (Lipinski definition) is 3. The molecule has 132 valence electrons. The van der Waals surface area contributed by atoms with E-state index in [1.165, 1.54) is 5.56 Å². The monoisotopic (exact) mass is 332 g/mol. The number of rotatable bonds is 3. The highest BCUT2D eigenvalue weighted by Gasteiger charge is 2.27. The molecule has 1 saturated heterocycles. The minimum Gasteiger partial charge on any atom is -0.444 e. The van der Waals surface area contributed by atoms with Gasteiger partial charge in [-0.3, -0.25) is 4.79 Å². The molecule has 1 fully saturated rings. The van der Waals surface area contributed by atoms with Gasteiger partial charge in [0.1, 0.15) is 5.60 Å². The molecule has 1 aliphatic rings. The Morgan fingerprint density at radius 2 is 1.75 bits per heavy atom. The standard InChI is InChI=1S/C19H28N2O3/c1-14-5-7-15(8-6-14)13-17(22)20-16-9-11-21(12-10-16)18(23)24-19(2,3)4/h5-8,16H,9-13H2,1-4H3,(H,20,22). The molecule has 0 bridgehead atoms. The van der Waals surface area contributed by atoms with Crippen LogP contribution in [0.15, 0.2) is 24.3 Å². The number of hydrogen-bond donors (Lipinski definition) is 1. The molecule has 24 heavy (non-hydrogen) atoms. The smallest absolute Gasteiger partial charge is 0.410 e. The molecular weight excluding hydrogens is 304 g/mol. The summed E-state index contributed by atoms with van der Waals surface area (Å²) in [7, 11) is 0. The first-order chi connectivity index (χ1) is 11.2. The van der Waals surface area contributed by atoms with Gasteiger partial charge >= 0.3 is 6.09 Å². The summed E-state index contributed by atoms with van der Waals surface area (Å²) in [6.07, 6.45) is 1.65. The van der Waals surface area contributed by atoms with E-state index < -0.39 is 5.60 Å². The predicted molar refractivity (Wildman–Crippen MR) is 93.9 cm³/mol. The van der Waals surface area contributed by atoms with Crippen LogP contribution >= 0.6 is 0 Å². The lowest BCUT2D eigenvalue weighted by molar-refractivity contribution is -0.121. The fourth-order valence-corrected chi connectivity index (χ4v) is 2.70. The quantitative estimate of drug-likeness (QED) is 0.925. The molecule has 2 amide bonds. The van der Waals surface area contributed by atoms with Gasteiger partial charge in [-0.2, -0.15) is 0 Å². The highest BCUT2D eigenvalue weighted by molar-refractivity contribution is 5.79. The SMILES string of the molecule is Cc1ccc(CC(=O)NC2CCN(C(=O)OC(C)(C)C)CC2)cc1. The van der Waals surface area contributed by atoms with E-state index in [4.69, 9.17) is 4.74 Å². The fourth-order valence-electron chi connectivity index (χ4n) is 2.70. The van der Waals surface area contributed by atoms with Crippen molar-refractivity contribution in [2.75, 3.05) is 13.1 Å². The average Bonchev–Trinajstić information content (AvgIpc) is 2.48. The number of nitrogens with one attached hydrogen (secondary N) is 1. The van der Waals surface area contributed by atoms with Crippen LogP contribution in [-0.4, -0.2) is 41.6 Å². The highest BCUT2D eigenvalue weighted by Crippen LogP contribution is 2.15. The van der Waals surface area contributed by atoms with Crippen LogP contribution in [0.5, 0.6) is 0 Å². The zero-order chi connectivity index (χ0) is 17.7. The van der Waals surface area contributed by atoms with Crippen molar-refractivity contribution in [3.63, 3.8) is 0 Å². The molecule has 0 atom stereocenters. The summed E-state index contributed by atoms with van der Waals surface area (Å²) in [6.45, 7) is 8.85. The first-order valence-electron chi connectivity index (χ1n) is 8.56. The van der Waals surface area contributed by atoms with Gasteiger partial charge in [0.05, 0.1) is 6.42 Å². The number of piperidine rings is 1. The van der Waals surface area contributed by atoms with Crippen molar-refractivity contribution in [2.24, 2.45) is 0 Å². The van der Waals surface area contributed by atoms with Crippen LogP contribution in [0.3, 0.4) is 0 Å². The number of carbonyl (C=O) groups excluding carboxylic acids is 2. The molecule has 5 heteroatoms. The lowest BCUT2D eigenvalue weighted by atomic mass is 10.0. The van der Waals surface area contributed by atoms with Crippen molar-refractivity contribution < 1.29 is 14.3 Å². The Kier molecular flexibility index (Phi) is 5.86. The molecular formula is C19H28N2O3. The molecule has 2 rings (SSSR count). The van der Waals surface area contributed by atoms with Crippen LogP contribution < -0.4 is 5.32 Å². The second-order valence-corrected chi connectivity index (χ2v) is 7.47. The van der Waals surface area contributed by atoms with Gasteiger partial charge in [-0.25, -0.2) is 4.79 Å². The molecule has 1 aliphatic heterocycles. The van der Waals surface area contributed by atoms with E-state index in [9.17, 15) is 9.59 Å². The second-order valence-electron chi connectivity index (χ2n) is 7.47. The van der Waals surface area contributed by atoms with Gasteiger partial charge in [-0.05, 0) is 46.1 Å². The molecule has 0 radical (unpaired) electrons. The Morgan fingerprint density at radius 3 is 2.29 bits per heavy atom. The summed E-state index contributed by atoms with van der Waals surface area (Å²) >= 11 is 0. The van der Waals surface area contributed by atoms with Crippen molar-refractivity contribution in [3.05, 3.63) is 35.4 Å². The van der Waals surface area contributed by atoms with Crippen molar-refractivity contribution in [1.82, 2.24) is 10.2 Å². The molecule has 0 aliphatic carbocycles. The van der Waals surface area contributed by atoms with Crippen LogP contribution in [-0.2, 0) is 16.0 Å². The zero-order valence-electron chi connectivity index (χ0n) is 15.1. The number of benzene rings is 1. The van der Waals surface area contributed by atoms with Gasteiger partial charge in [0, 0.05) is 19.1 Å². The normalized spacial score (nSPS) is 15.9. The van der Waals surface area contributed by atoms with Crippen LogP contribution in [0.1, 0.15) is 44.7 Å². The van der Waals surface area contributed by atoms with E-state index in [-0.39, 0.29) is 18.0 Å². The first-order valence-corrected chi connectivity index (χ1v) is 8.56. The fraction of sp³-hybridized carbons (Fsp3) is 0.579. The van der Waals surface area contributed by atoms with Crippen LogP contribution in [0.2, 0.25) is 0 Å². The summed E-state index contributed by atoms with van der Waals surface area (Å²) in [5.74, 6) is 0.0366. The topological polar surface area (TPSA) is 58.6 Å². The number of amides is 2. The van der Waals surface area contributed by atoms with Crippen molar-refractivity contribution in [3.8, 4) is 0 Å². The Hall–Kier alpha value is -2.04. The second kappa shape index (κ2) is 7.69. The summed E-state index contributed by atoms with van der Waals surface area (Å²) < 4.78 is 5.38. The van der Waals surface area contributed by atoms with Gasteiger partial charge in [-0.15, -0.1) is 0 Å².